The van der Waals surface area contributed by atoms with E-state index < -0.39 is 11.7 Å². The molecule has 1 N–H and O–H groups in total. The molecule has 0 saturated heterocycles. The molecule has 0 spiro atoms. The highest BCUT2D eigenvalue weighted by Crippen LogP contribution is 2.33. The second-order valence-corrected chi connectivity index (χ2v) is 6.28. The van der Waals surface area contributed by atoms with Gasteiger partial charge in [-0.05, 0) is 37.3 Å². The van der Waals surface area contributed by atoms with E-state index in [-0.39, 0.29) is 27.6 Å². The van der Waals surface area contributed by atoms with Crippen LogP contribution in [-0.4, -0.2) is 25.8 Å². The molecule has 7 nitrogen and oxygen atoms in total. The summed E-state index contributed by atoms with van der Waals surface area (Å²) in [6.45, 7) is 1.57. The van der Waals surface area contributed by atoms with Crippen LogP contribution in [0.25, 0.3) is 17.1 Å². The Labute approximate surface area is 163 Å². The number of aryl methyl sites for hydroxylation is 1. The zero-order valence-corrected chi connectivity index (χ0v) is 15.3. The number of pyridine rings is 1. The summed E-state index contributed by atoms with van der Waals surface area (Å²) in [7, 11) is 0. The fourth-order valence-electron chi connectivity index (χ4n) is 2.73. The summed E-state index contributed by atoms with van der Waals surface area (Å²) >= 11 is 6.10. The second kappa shape index (κ2) is 7.24. The lowest BCUT2D eigenvalue weighted by Gasteiger charge is -2.08. The Morgan fingerprint density at radius 2 is 2.11 bits per heavy atom. The fraction of sp³-hybridized carbons (Fsp3) is 0.0526. The highest BCUT2D eigenvalue weighted by atomic mass is 35.5. The van der Waals surface area contributed by atoms with Crippen molar-refractivity contribution in [2.75, 3.05) is 5.32 Å². The number of benzene rings is 1. The molecule has 0 aliphatic rings. The lowest BCUT2D eigenvalue weighted by Crippen LogP contribution is -2.14. The molecule has 0 atom stereocenters. The van der Waals surface area contributed by atoms with Crippen molar-refractivity contribution in [2.45, 2.75) is 6.92 Å². The smallest absolute Gasteiger partial charge is 0.261 e. The summed E-state index contributed by atoms with van der Waals surface area (Å²) in [5.74, 6) is -0.266. The third-order valence-electron chi connectivity index (χ3n) is 4.03. The van der Waals surface area contributed by atoms with Gasteiger partial charge < -0.3 is 9.84 Å². The van der Waals surface area contributed by atoms with Gasteiger partial charge in [-0.3, -0.25) is 4.79 Å². The molecule has 1 aromatic carbocycles. The summed E-state index contributed by atoms with van der Waals surface area (Å²) < 4.78 is 21.0. The monoisotopic (exact) mass is 397 g/mol. The Morgan fingerprint density at radius 3 is 2.79 bits per heavy atom. The maximum atomic E-state index is 14.3. The molecule has 0 fully saturated rings. The Balaban J connectivity index is 1.64. The summed E-state index contributed by atoms with van der Waals surface area (Å²) in [6.07, 6.45) is 4.89. The van der Waals surface area contributed by atoms with Crippen molar-refractivity contribution in [3.63, 3.8) is 0 Å². The molecule has 0 aliphatic carbocycles. The van der Waals surface area contributed by atoms with Crippen LogP contribution in [0, 0.1) is 12.7 Å². The SMILES string of the molecule is Cc1onc(-c2c(F)cccc2Cl)c1C(=O)Nc1ccc(-n2cccn2)nc1. The minimum Gasteiger partial charge on any atom is -0.360 e. The van der Waals surface area contributed by atoms with Crippen LogP contribution in [0.5, 0.6) is 0 Å². The minimum absolute atomic E-state index is 0.0123. The first-order chi connectivity index (χ1) is 13.5. The van der Waals surface area contributed by atoms with Gasteiger partial charge in [0.15, 0.2) is 5.82 Å². The van der Waals surface area contributed by atoms with Gasteiger partial charge in [-0.15, -0.1) is 0 Å². The van der Waals surface area contributed by atoms with Gasteiger partial charge >= 0.3 is 0 Å². The van der Waals surface area contributed by atoms with Crippen LogP contribution < -0.4 is 5.32 Å². The van der Waals surface area contributed by atoms with Gasteiger partial charge in [0.25, 0.3) is 5.91 Å². The molecule has 4 aromatic rings. The third-order valence-corrected chi connectivity index (χ3v) is 4.35. The summed E-state index contributed by atoms with van der Waals surface area (Å²) in [4.78, 5) is 17.1. The first kappa shape index (κ1) is 17.9. The second-order valence-electron chi connectivity index (χ2n) is 5.87. The number of carbonyl (C=O) groups excluding carboxylic acids is 1. The standard InChI is InChI=1S/C19H13ClFN5O2/c1-11-16(18(25-28-11)17-13(20)4-2-5-14(17)21)19(27)24-12-6-7-15(22-10-12)26-9-3-8-23-26/h2-10H,1H3,(H,24,27). The van der Waals surface area contributed by atoms with E-state index in [1.165, 1.54) is 24.4 Å². The highest BCUT2D eigenvalue weighted by Gasteiger charge is 2.25. The van der Waals surface area contributed by atoms with Crippen LogP contribution >= 0.6 is 11.6 Å². The summed E-state index contributed by atoms with van der Waals surface area (Å²) in [5, 5.41) is 10.8. The van der Waals surface area contributed by atoms with Gasteiger partial charge in [-0.1, -0.05) is 22.8 Å². The Morgan fingerprint density at radius 1 is 1.25 bits per heavy atom. The molecular weight excluding hydrogens is 385 g/mol. The van der Waals surface area contributed by atoms with Crippen LogP contribution in [0.3, 0.4) is 0 Å². The van der Waals surface area contributed by atoms with Gasteiger partial charge in [0, 0.05) is 12.4 Å². The van der Waals surface area contributed by atoms with Crippen LogP contribution in [0.15, 0.2) is 59.5 Å². The Kier molecular flexibility index (Phi) is 4.62. The van der Waals surface area contributed by atoms with Crippen molar-refractivity contribution in [1.29, 1.82) is 0 Å². The molecule has 4 rings (SSSR count). The quantitative estimate of drug-likeness (QED) is 0.555. The number of nitrogens with one attached hydrogen (secondary N) is 1. The molecule has 0 radical (unpaired) electrons. The zero-order chi connectivity index (χ0) is 19.7. The van der Waals surface area contributed by atoms with Gasteiger partial charge in [0.05, 0.1) is 22.5 Å². The predicted octanol–water partition coefficient (Wildman–Crippen LogP) is 4.28. The van der Waals surface area contributed by atoms with Crippen molar-refractivity contribution < 1.29 is 13.7 Å². The molecule has 0 bridgehead atoms. The molecule has 0 saturated carbocycles. The lowest BCUT2D eigenvalue weighted by atomic mass is 10.0. The van der Waals surface area contributed by atoms with Gasteiger partial charge in [0.2, 0.25) is 0 Å². The first-order valence-corrected chi connectivity index (χ1v) is 8.60. The van der Waals surface area contributed by atoms with E-state index in [0.29, 0.717) is 11.5 Å². The number of halogens is 2. The topological polar surface area (TPSA) is 85.8 Å². The van der Waals surface area contributed by atoms with E-state index in [1.807, 2.05) is 0 Å². The molecule has 3 aromatic heterocycles. The Hall–Kier alpha value is -3.52. The number of carbonyl (C=O) groups is 1. The minimum atomic E-state index is -0.597. The van der Waals surface area contributed by atoms with Crippen molar-refractivity contribution in [2.24, 2.45) is 0 Å². The van der Waals surface area contributed by atoms with Crippen molar-refractivity contribution in [3.05, 3.63) is 77.2 Å². The van der Waals surface area contributed by atoms with E-state index in [2.05, 4.69) is 20.6 Å². The first-order valence-electron chi connectivity index (χ1n) is 8.22. The number of aromatic nitrogens is 4. The molecule has 0 unspecified atom stereocenters. The number of hydrogen-bond donors (Lipinski definition) is 1. The molecule has 0 aliphatic heterocycles. The predicted molar refractivity (Wildman–Crippen MR) is 101 cm³/mol. The fourth-order valence-corrected chi connectivity index (χ4v) is 2.98. The molecule has 9 heteroatoms. The molecular formula is C19H13ClFN5O2. The maximum absolute atomic E-state index is 14.3. The van der Waals surface area contributed by atoms with E-state index >= 15 is 0 Å². The average Bonchev–Trinajstić information content (AvgIpc) is 3.33. The van der Waals surface area contributed by atoms with Crippen molar-refractivity contribution >= 4 is 23.2 Å². The van der Waals surface area contributed by atoms with E-state index in [4.69, 9.17) is 16.1 Å². The third kappa shape index (κ3) is 3.25. The number of nitrogens with zero attached hydrogens (tertiary/aromatic N) is 4. The molecule has 1 amide bonds. The van der Waals surface area contributed by atoms with Gasteiger partial charge in [0.1, 0.15) is 22.8 Å². The normalized spacial score (nSPS) is 10.8. The van der Waals surface area contributed by atoms with E-state index in [0.717, 1.165) is 0 Å². The van der Waals surface area contributed by atoms with Crippen molar-refractivity contribution in [1.82, 2.24) is 19.9 Å². The summed E-state index contributed by atoms with van der Waals surface area (Å²) in [5.41, 5.74) is 0.604. The molecule has 140 valence electrons. The van der Waals surface area contributed by atoms with Crippen molar-refractivity contribution in [3.8, 4) is 17.1 Å². The number of anilines is 1. The average molecular weight is 398 g/mol. The Bertz CT molecular complexity index is 1120. The van der Waals surface area contributed by atoms with Crippen LogP contribution in [0.1, 0.15) is 16.1 Å². The number of amides is 1. The molecule has 3 heterocycles. The molecule has 28 heavy (non-hydrogen) atoms. The zero-order valence-electron chi connectivity index (χ0n) is 14.6. The maximum Gasteiger partial charge on any atom is 0.261 e. The number of hydrogen-bond acceptors (Lipinski definition) is 5. The summed E-state index contributed by atoms with van der Waals surface area (Å²) in [6, 6.07) is 9.40. The highest BCUT2D eigenvalue weighted by molar-refractivity contribution is 6.33. The number of rotatable bonds is 4. The van der Waals surface area contributed by atoms with E-state index in [9.17, 15) is 9.18 Å². The van der Waals surface area contributed by atoms with Gasteiger partial charge in [-0.25, -0.2) is 14.1 Å². The lowest BCUT2D eigenvalue weighted by molar-refractivity contribution is 0.102. The largest absolute Gasteiger partial charge is 0.360 e. The van der Waals surface area contributed by atoms with Crippen LogP contribution in [0.2, 0.25) is 5.02 Å². The van der Waals surface area contributed by atoms with Crippen LogP contribution in [-0.2, 0) is 0 Å². The van der Waals surface area contributed by atoms with Gasteiger partial charge in [-0.2, -0.15) is 5.10 Å². The van der Waals surface area contributed by atoms with Crippen LogP contribution in [0.4, 0.5) is 10.1 Å². The van der Waals surface area contributed by atoms with E-state index in [1.54, 1.807) is 42.2 Å².